The van der Waals surface area contributed by atoms with E-state index < -0.39 is 9.05 Å². The second-order valence-electron chi connectivity index (χ2n) is 4.55. The molecule has 0 aliphatic heterocycles. The maximum Gasteiger partial charge on any atom is 0.261 e. The van der Waals surface area contributed by atoms with E-state index in [-0.39, 0.29) is 10.7 Å². The van der Waals surface area contributed by atoms with Crippen LogP contribution in [0.3, 0.4) is 0 Å². The number of rotatable bonds is 5. The number of allylic oxidation sites excluding steroid dienone is 1. The number of ketones is 1. The van der Waals surface area contributed by atoms with Crippen molar-refractivity contribution in [2.24, 2.45) is 0 Å². The number of carbonyl (C=O) groups is 1. The van der Waals surface area contributed by atoms with E-state index in [1.807, 2.05) is 0 Å². The summed E-state index contributed by atoms with van der Waals surface area (Å²) in [4.78, 5) is 12.0. The first-order valence-corrected chi connectivity index (χ1v) is 9.10. The van der Waals surface area contributed by atoms with E-state index in [9.17, 15) is 13.2 Å². The molecule has 0 unspecified atom stereocenters. The van der Waals surface area contributed by atoms with Crippen molar-refractivity contribution in [1.29, 1.82) is 0 Å². The van der Waals surface area contributed by atoms with Crippen molar-refractivity contribution in [1.82, 2.24) is 0 Å². The van der Waals surface area contributed by atoms with Gasteiger partial charge in [0.15, 0.2) is 5.78 Å². The lowest BCUT2D eigenvalue weighted by molar-refractivity contribution is 0.104. The lowest BCUT2D eigenvalue weighted by atomic mass is 10.1. The van der Waals surface area contributed by atoms with Gasteiger partial charge in [-0.2, -0.15) is 0 Å². The fourth-order valence-electron chi connectivity index (χ4n) is 1.87. The molecular formula is C16H12Cl2O4S. The van der Waals surface area contributed by atoms with Crippen LogP contribution in [0.1, 0.15) is 15.9 Å². The van der Waals surface area contributed by atoms with Crippen molar-refractivity contribution in [3.63, 3.8) is 0 Å². The summed E-state index contributed by atoms with van der Waals surface area (Å²) in [7, 11) is 2.91. The van der Waals surface area contributed by atoms with Gasteiger partial charge < -0.3 is 4.74 Å². The van der Waals surface area contributed by atoms with Gasteiger partial charge in [-0.05, 0) is 54.6 Å². The number of halogens is 2. The Morgan fingerprint density at radius 3 is 2.35 bits per heavy atom. The van der Waals surface area contributed by atoms with E-state index in [0.717, 1.165) is 0 Å². The molecule has 0 atom stereocenters. The maximum atomic E-state index is 12.1. The molecule has 0 spiro atoms. The third-order valence-corrected chi connectivity index (χ3v) is 4.63. The molecule has 0 saturated carbocycles. The van der Waals surface area contributed by atoms with Crippen molar-refractivity contribution in [2.45, 2.75) is 4.90 Å². The molecule has 0 bridgehead atoms. The Balaban J connectivity index is 2.34. The van der Waals surface area contributed by atoms with Crippen LogP contribution in [0.15, 0.2) is 53.4 Å². The lowest BCUT2D eigenvalue weighted by Gasteiger charge is -2.06. The number of benzene rings is 2. The van der Waals surface area contributed by atoms with Crippen molar-refractivity contribution in [3.05, 3.63) is 64.7 Å². The molecule has 0 saturated heterocycles. The number of ether oxygens (including phenoxy) is 1. The maximum absolute atomic E-state index is 12.1. The molecule has 0 heterocycles. The van der Waals surface area contributed by atoms with Crippen LogP contribution in [0, 0.1) is 0 Å². The molecule has 2 aromatic rings. The molecule has 0 fully saturated rings. The van der Waals surface area contributed by atoms with Gasteiger partial charge in [0.2, 0.25) is 0 Å². The fraction of sp³-hybridized carbons (Fsp3) is 0.0625. The van der Waals surface area contributed by atoms with E-state index in [1.165, 1.54) is 37.5 Å². The van der Waals surface area contributed by atoms with Gasteiger partial charge in [-0.1, -0.05) is 11.6 Å². The smallest absolute Gasteiger partial charge is 0.261 e. The van der Waals surface area contributed by atoms with Crippen LogP contribution in [0.2, 0.25) is 5.02 Å². The molecule has 2 aromatic carbocycles. The predicted molar refractivity (Wildman–Crippen MR) is 90.8 cm³/mol. The Bertz CT molecular complexity index is 856. The van der Waals surface area contributed by atoms with Crippen LogP contribution in [0.25, 0.3) is 6.08 Å². The zero-order valence-electron chi connectivity index (χ0n) is 12.0. The van der Waals surface area contributed by atoms with Gasteiger partial charge in [0.25, 0.3) is 9.05 Å². The minimum atomic E-state index is -3.86. The summed E-state index contributed by atoms with van der Waals surface area (Å²) in [5.41, 5.74) is 0.891. The Kier molecular flexibility index (Phi) is 5.46. The highest BCUT2D eigenvalue weighted by Gasteiger charge is 2.12. The molecule has 2 rings (SSSR count). The highest BCUT2D eigenvalue weighted by atomic mass is 35.7. The second kappa shape index (κ2) is 7.17. The van der Waals surface area contributed by atoms with E-state index in [4.69, 9.17) is 27.0 Å². The Hall–Kier alpha value is -1.82. The van der Waals surface area contributed by atoms with Crippen LogP contribution < -0.4 is 4.74 Å². The summed E-state index contributed by atoms with van der Waals surface area (Å²) < 4.78 is 27.9. The van der Waals surface area contributed by atoms with Crippen molar-refractivity contribution in [2.75, 3.05) is 7.11 Å². The van der Waals surface area contributed by atoms with Gasteiger partial charge in [0.05, 0.1) is 12.0 Å². The highest BCUT2D eigenvalue weighted by Crippen LogP contribution is 2.25. The number of methoxy groups -OCH3 is 1. The standard InChI is InChI=1S/C16H12Cl2O4S/c1-22-16-9-7-14(23(18,20)21)10-12(16)4-8-15(19)11-2-5-13(17)6-3-11/h2-10H,1H3/b8-4+. The summed E-state index contributed by atoms with van der Waals surface area (Å²) in [5.74, 6) is 0.178. The average Bonchev–Trinajstić information content (AvgIpc) is 2.52. The molecule has 0 aromatic heterocycles. The second-order valence-corrected chi connectivity index (χ2v) is 7.55. The van der Waals surface area contributed by atoms with Crippen LogP contribution >= 0.6 is 22.3 Å². The monoisotopic (exact) mass is 370 g/mol. The Labute approximate surface area is 143 Å². The highest BCUT2D eigenvalue weighted by molar-refractivity contribution is 8.13. The molecule has 23 heavy (non-hydrogen) atoms. The molecular weight excluding hydrogens is 359 g/mol. The Morgan fingerprint density at radius 1 is 1.13 bits per heavy atom. The molecule has 0 aliphatic rings. The van der Waals surface area contributed by atoms with Crippen LogP contribution in [-0.2, 0) is 9.05 Å². The van der Waals surface area contributed by atoms with Crippen LogP contribution in [-0.4, -0.2) is 21.3 Å². The number of hydrogen-bond donors (Lipinski definition) is 0. The van der Waals surface area contributed by atoms with Gasteiger partial charge in [-0.3, -0.25) is 4.79 Å². The normalized spacial score (nSPS) is 11.6. The molecule has 0 N–H and O–H groups in total. The summed E-state index contributed by atoms with van der Waals surface area (Å²) in [6.07, 6.45) is 2.80. The van der Waals surface area contributed by atoms with Crippen molar-refractivity contribution in [3.8, 4) is 5.75 Å². The minimum absolute atomic E-state index is 0.0708. The van der Waals surface area contributed by atoms with E-state index in [1.54, 1.807) is 24.3 Å². The van der Waals surface area contributed by atoms with Crippen LogP contribution in [0.4, 0.5) is 0 Å². The zero-order chi connectivity index (χ0) is 17.0. The molecule has 7 heteroatoms. The molecule has 120 valence electrons. The quantitative estimate of drug-likeness (QED) is 0.450. The molecule has 0 radical (unpaired) electrons. The fourth-order valence-corrected chi connectivity index (χ4v) is 2.78. The third kappa shape index (κ3) is 4.58. The first-order valence-electron chi connectivity index (χ1n) is 6.42. The first kappa shape index (κ1) is 17.5. The van der Waals surface area contributed by atoms with Gasteiger partial charge in [-0.15, -0.1) is 0 Å². The lowest BCUT2D eigenvalue weighted by Crippen LogP contribution is -1.96. The van der Waals surface area contributed by atoms with Gasteiger partial charge in [-0.25, -0.2) is 8.42 Å². The third-order valence-electron chi connectivity index (χ3n) is 3.03. The molecule has 4 nitrogen and oxygen atoms in total. The minimum Gasteiger partial charge on any atom is -0.496 e. The molecule has 0 aliphatic carbocycles. The number of hydrogen-bond acceptors (Lipinski definition) is 4. The van der Waals surface area contributed by atoms with E-state index in [0.29, 0.717) is 21.9 Å². The summed E-state index contributed by atoms with van der Waals surface area (Å²) in [6.45, 7) is 0. The SMILES string of the molecule is COc1ccc(S(=O)(=O)Cl)cc1/C=C/C(=O)c1ccc(Cl)cc1. The van der Waals surface area contributed by atoms with Gasteiger partial charge in [0.1, 0.15) is 5.75 Å². The zero-order valence-corrected chi connectivity index (χ0v) is 14.3. The number of carbonyl (C=O) groups excluding carboxylic acids is 1. The predicted octanol–water partition coefficient (Wildman–Crippen LogP) is 4.17. The summed E-state index contributed by atoms with van der Waals surface area (Å²) in [5, 5.41) is 0.534. The van der Waals surface area contributed by atoms with E-state index >= 15 is 0 Å². The largest absolute Gasteiger partial charge is 0.496 e. The van der Waals surface area contributed by atoms with E-state index in [2.05, 4.69) is 0 Å². The first-order chi connectivity index (χ1) is 10.8. The average molecular weight is 371 g/mol. The van der Waals surface area contributed by atoms with Crippen LogP contribution in [0.5, 0.6) is 5.75 Å². The van der Waals surface area contributed by atoms with Crippen molar-refractivity contribution >= 4 is 43.2 Å². The van der Waals surface area contributed by atoms with Gasteiger partial charge in [0, 0.05) is 26.8 Å². The van der Waals surface area contributed by atoms with Crippen molar-refractivity contribution < 1.29 is 17.9 Å². The Morgan fingerprint density at radius 2 is 1.78 bits per heavy atom. The summed E-state index contributed by atoms with van der Waals surface area (Å²) in [6, 6.07) is 10.6. The topological polar surface area (TPSA) is 60.4 Å². The van der Waals surface area contributed by atoms with Gasteiger partial charge >= 0.3 is 0 Å². The molecule has 0 amide bonds. The summed E-state index contributed by atoms with van der Waals surface area (Å²) >= 11 is 5.77.